The molecule has 0 fully saturated rings. The molecule has 0 heterocycles. The molecule has 0 saturated carbocycles. The Morgan fingerprint density at radius 2 is 0.548 bits per heavy atom. The van der Waals surface area contributed by atoms with Crippen molar-refractivity contribution in [1.82, 2.24) is 0 Å². The summed E-state index contributed by atoms with van der Waals surface area (Å²) >= 11 is 0. The van der Waals surface area contributed by atoms with E-state index in [1.165, 1.54) is 154 Å². The molecule has 0 aromatic rings. The van der Waals surface area contributed by atoms with Gasteiger partial charge in [-0.3, -0.25) is 9.78 Å². The fourth-order valence-corrected chi connectivity index (χ4v) is 5.46. The number of hydrogen-bond donors (Lipinski definition) is 0. The van der Waals surface area contributed by atoms with Crippen molar-refractivity contribution in [2.75, 3.05) is 0 Å². The van der Waals surface area contributed by atoms with E-state index in [4.69, 9.17) is 0 Å². The van der Waals surface area contributed by atoms with Gasteiger partial charge in [-0.2, -0.15) is 0 Å². The Morgan fingerprint density at radius 1 is 0.357 bits per heavy atom. The summed E-state index contributed by atoms with van der Waals surface area (Å²) in [6.45, 7) is 4.54. The predicted octanol–water partition coefficient (Wildman–Crippen LogP) is 12.3. The minimum absolute atomic E-state index is 0. The van der Waals surface area contributed by atoms with Crippen LogP contribution in [0, 0.1) is 0 Å². The summed E-state index contributed by atoms with van der Waals surface area (Å²) in [6, 6.07) is 0. The van der Waals surface area contributed by atoms with Crippen molar-refractivity contribution in [3.63, 3.8) is 0 Å². The summed E-state index contributed by atoms with van der Waals surface area (Å²) in [5.41, 5.74) is 0. The van der Waals surface area contributed by atoms with Gasteiger partial charge in [0.25, 0.3) is 0 Å². The van der Waals surface area contributed by atoms with Crippen molar-refractivity contribution in [2.45, 2.75) is 219 Å². The molecule has 6 heteroatoms. The number of carbonyl (C=O) groups excluding carboxylic acids is 2. The second-order valence-corrected chi connectivity index (χ2v) is 12.4. The van der Waals surface area contributed by atoms with Crippen molar-refractivity contribution in [1.29, 1.82) is 0 Å². The first-order chi connectivity index (χ1) is 20.2. The summed E-state index contributed by atoms with van der Waals surface area (Å²) < 4.78 is 0. The molecule has 42 heavy (non-hydrogen) atoms. The van der Waals surface area contributed by atoms with E-state index >= 15 is 0 Å². The first-order valence-electron chi connectivity index (χ1n) is 18.3. The molecule has 0 radical (unpaired) electrons. The van der Waals surface area contributed by atoms with E-state index in [-0.39, 0.29) is 40.6 Å². The Balaban J connectivity index is -0.00000267. The second-order valence-electron chi connectivity index (χ2n) is 12.4. The average Bonchev–Trinajstić information content (AvgIpc) is 2.97. The van der Waals surface area contributed by atoms with Gasteiger partial charge in [0.05, 0.1) is 0 Å². The van der Waals surface area contributed by atoms with E-state index in [1.54, 1.807) is 0 Å². The summed E-state index contributed by atoms with van der Waals surface area (Å²) in [7, 11) is 0. The molecule has 0 N–H and O–H groups in total. The van der Waals surface area contributed by atoms with E-state index in [0.29, 0.717) is 12.8 Å². The summed E-state index contributed by atoms with van der Waals surface area (Å²) in [6.07, 6.45) is 39.2. The van der Waals surface area contributed by atoms with Crippen LogP contribution in [0.5, 0.6) is 0 Å². The van der Waals surface area contributed by atoms with Gasteiger partial charge in [0.15, 0.2) is 0 Å². The van der Waals surface area contributed by atoms with Crippen molar-refractivity contribution in [3.05, 3.63) is 0 Å². The van der Waals surface area contributed by atoms with Crippen LogP contribution in [-0.2, 0) is 24.4 Å². The van der Waals surface area contributed by atoms with Crippen LogP contribution in [0.1, 0.15) is 222 Å². The third-order valence-corrected chi connectivity index (χ3v) is 8.22. The molecule has 0 atom stereocenters. The van der Waals surface area contributed by atoms with E-state index < -0.39 is 11.9 Å². The van der Waals surface area contributed by atoms with Gasteiger partial charge in [-0.15, -0.1) is 0 Å². The molecule has 0 bridgehead atoms. The molecule has 0 unspecified atom stereocenters. The van der Waals surface area contributed by atoms with Crippen LogP contribution in [0.4, 0.5) is 0 Å². The quantitative estimate of drug-likeness (QED) is 0.0308. The van der Waals surface area contributed by atoms with E-state index in [0.717, 1.165) is 38.5 Å². The Bertz CT molecular complexity index is 509. The van der Waals surface area contributed by atoms with Crippen molar-refractivity contribution in [3.8, 4) is 0 Å². The molecule has 0 aliphatic carbocycles. The standard InChI is InChI=1S/C36H70O5.Ca.2H/c1-3-5-7-9-11-13-15-17-19-21-23-25-27-29-31-33-35(37)39-41-40-36(38)34-32-30-28-26-24-22-20-18-16-14-12-10-8-6-4-2;;;/h3-34H2,1-2H3;;;/q;+2;2*-1. The Labute approximate surface area is 294 Å². The first-order valence-corrected chi connectivity index (χ1v) is 18.3. The molecule has 0 saturated heterocycles. The number of rotatable bonds is 34. The SMILES string of the molecule is CCCCCCCCCCCCCCCCCC(=O)OOOC(=O)CCCCCCCCCCCCCCCCC.[Ca+2].[H-].[H-]. The van der Waals surface area contributed by atoms with Crippen molar-refractivity contribution < 1.29 is 27.3 Å². The Hall–Kier alpha value is 0.160. The molecular formula is C36H72CaO5. The zero-order chi connectivity index (χ0) is 29.9. The number of carbonyl (C=O) groups is 2. The van der Waals surface area contributed by atoms with Crippen LogP contribution in [-0.4, -0.2) is 49.7 Å². The predicted molar refractivity (Wildman–Crippen MR) is 180 cm³/mol. The van der Waals surface area contributed by atoms with Crippen molar-refractivity contribution >= 4 is 49.7 Å². The Kier molecular flexibility index (Phi) is 41.3. The fraction of sp³-hybridized carbons (Fsp3) is 0.944. The smallest absolute Gasteiger partial charge is 1.00 e. The molecule has 0 rings (SSSR count). The van der Waals surface area contributed by atoms with Gasteiger partial charge < -0.3 is 2.85 Å². The van der Waals surface area contributed by atoms with Crippen LogP contribution in [0.2, 0.25) is 0 Å². The molecule has 0 spiro atoms. The van der Waals surface area contributed by atoms with Crippen LogP contribution in [0.25, 0.3) is 0 Å². The Morgan fingerprint density at radius 3 is 0.762 bits per heavy atom. The minimum Gasteiger partial charge on any atom is -1.00 e. The topological polar surface area (TPSA) is 61.8 Å². The molecule has 5 nitrogen and oxygen atoms in total. The third-order valence-electron chi connectivity index (χ3n) is 8.22. The number of hydrogen-bond acceptors (Lipinski definition) is 5. The van der Waals surface area contributed by atoms with Gasteiger partial charge in [0.1, 0.15) is 0 Å². The average molecular weight is 625 g/mol. The van der Waals surface area contributed by atoms with Gasteiger partial charge in [-0.25, -0.2) is 9.59 Å². The normalized spacial score (nSPS) is 10.9. The summed E-state index contributed by atoms with van der Waals surface area (Å²) in [5, 5.41) is 4.41. The van der Waals surface area contributed by atoms with E-state index in [9.17, 15) is 9.59 Å². The molecule has 0 aliphatic heterocycles. The van der Waals surface area contributed by atoms with Crippen molar-refractivity contribution in [2.24, 2.45) is 0 Å². The molecule has 0 aromatic heterocycles. The maximum absolute atomic E-state index is 11.7. The second kappa shape index (κ2) is 39.2. The van der Waals surface area contributed by atoms with Crippen LogP contribution < -0.4 is 0 Å². The number of unbranched alkanes of at least 4 members (excludes halogenated alkanes) is 28. The molecule has 0 aromatic carbocycles. The monoisotopic (exact) mass is 625 g/mol. The van der Waals surface area contributed by atoms with Gasteiger partial charge >= 0.3 is 49.7 Å². The first kappa shape index (κ1) is 44.3. The largest absolute Gasteiger partial charge is 2.00 e. The fourth-order valence-electron chi connectivity index (χ4n) is 5.46. The van der Waals surface area contributed by atoms with E-state index in [1.807, 2.05) is 0 Å². The molecule has 0 aliphatic rings. The van der Waals surface area contributed by atoms with Crippen LogP contribution in [0.15, 0.2) is 0 Å². The van der Waals surface area contributed by atoms with Crippen LogP contribution >= 0.6 is 0 Å². The third kappa shape index (κ3) is 38.2. The zero-order valence-electron chi connectivity index (χ0n) is 30.4. The summed E-state index contributed by atoms with van der Waals surface area (Å²) in [4.78, 5) is 32.6. The molecule has 0 amide bonds. The maximum Gasteiger partial charge on any atom is 2.00 e. The van der Waals surface area contributed by atoms with E-state index in [2.05, 4.69) is 28.7 Å². The molecular weight excluding hydrogens is 552 g/mol. The minimum atomic E-state index is -0.473. The van der Waals surface area contributed by atoms with Gasteiger partial charge in [-0.05, 0) is 12.8 Å². The summed E-state index contributed by atoms with van der Waals surface area (Å²) in [5.74, 6) is -0.945. The molecule has 248 valence electrons. The van der Waals surface area contributed by atoms with Gasteiger partial charge in [0.2, 0.25) is 0 Å². The maximum atomic E-state index is 11.7. The zero-order valence-corrected chi connectivity index (χ0v) is 30.6. The van der Waals surface area contributed by atoms with Gasteiger partial charge in [0, 0.05) is 17.9 Å². The van der Waals surface area contributed by atoms with Gasteiger partial charge in [-0.1, -0.05) is 194 Å². The van der Waals surface area contributed by atoms with Crippen LogP contribution in [0.3, 0.4) is 0 Å².